The molecule has 0 unspecified atom stereocenters. The first-order valence-corrected chi connectivity index (χ1v) is 6.07. The Hall–Kier alpha value is -2.75. The van der Waals surface area contributed by atoms with Crippen molar-refractivity contribution in [2.24, 2.45) is 0 Å². The minimum atomic E-state index is 0.842. The van der Waals surface area contributed by atoms with Gasteiger partial charge < -0.3 is 0 Å². The van der Waals surface area contributed by atoms with Gasteiger partial charge in [0.25, 0.3) is 0 Å². The molecule has 4 rings (SSSR count). The van der Waals surface area contributed by atoms with Crippen LogP contribution >= 0.6 is 0 Å². The molecule has 0 aliphatic rings. The van der Waals surface area contributed by atoms with Gasteiger partial charge in [0.1, 0.15) is 0 Å². The van der Waals surface area contributed by atoms with Gasteiger partial charge in [-0.2, -0.15) is 0 Å². The normalized spacial score (nSPS) is 11.2. The fourth-order valence-electron chi connectivity index (χ4n) is 2.32. The van der Waals surface area contributed by atoms with E-state index in [2.05, 4.69) is 21.2 Å². The van der Waals surface area contributed by atoms with Crippen molar-refractivity contribution < 1.29 is 0 Å². The van der Waals surface area contributed by atoms with Crippen molar-refractivity contribution in [3.8, 4) is 11.4 Å². The van der Waals surface area contributed by atoms with Gasteiger partial charge in [-0.15, -0.1) is 10.2 Å². The second-order valence-corrected chi connectivity index (χ2v) is 4.33. The van der Waals surface area contributed by atoms with E-state index in [0.29, 0.717) is 0 Å². The maximum atomic E-state index is 4.37. The summed E-state index contributed by atoms with van der Waals surface area (Å²) in [7, 11) is 0. The van der Waals surface area contributed by atoms with Crippen molar-refractivity contribution in [1.82, 2.24) is 19.6 Å². The van der Waals surface area contributed by atoms with Gasteiger partial charge >= 0.3 is 0 Å². The Balaban J connectivity index is 2.10. The van der Waals surface area contributed by atoms with Gasteiger partial charge in [-0.1, -0.05) is 24.3 Å². The van der Waals surface area contributed by atoms with Gasteiger partial charge in [0.2, 0.25) is 0 Å². The average molecular weight is 246 g/mol. The molecule has 0 N–H and O–H groups in total. The predicted molar refractivity (Wildman–Crippen MR) is 73.7 cm³/mol. The van der Waals surface area contributed by atoms with Crippen LogP contribution in [0.3, 0.4) is 0 Å². The SMILES string of the molecule is c1ccc2c(-c3nnc4ccccn34)ccnc2c1. The van der Waals surface area contributed by atoms with Gasteiger partial charge in [0.05, 0.1) is 5.52 Å². The molecule has 4 heteroatoms. The lowest BCUT2D eigenvalue weighted by atomic mass is 10.1. The van der Waals surface area contributed by atoms with Crippen molar-refractivity contribution in [3.05, 3.63) is 60.9 Å². The monoisotopic (exact) mass is 246 g/mol. The van der Waals surface area contributed by atoms with E-state index in [4.69, 9.17) is 0 Å². The molecule has 1 aromatic carbocycles. The van der Waals surface area contributed by atoms with Crippen LogP contribution in [-0.2, 0) is 0 Å². The molecule has 0 aliphatic carbocycles. The van der Waals surface area contributed by atoms with E-state index in [1.165, 1.54) is 0 Å². The summed E-state index contributed by atoms with van der Waals surface area (Å²) in [5, 5.41) is 9.58. The molecule has 4 aromatic rings. The van der Waals surface area contributed by atoms with Crippen LogP contribution < -0.4 is 0 Å². The summed E-state index contributed by atoms with van der Waals surface area (Å²) in [6.07, 6.45) is 3.78. The van der Waals surface area contributed by atoms with Crippen molar-refractivity contribution in [1.29, 1.82) is 0 Å². The second kappa shape index (κ2) is 3.88. The number of aromatic nitrogens is 4. The largest absolute Gasteiger partial charge is 0.282 e. The van der Waals surface area contributed by atoms with Crippen molar-refractivity contribution >= 4 is 16.6 Å². The molecule has 0 radical (unpaired) electrons. The minimum absolute atomic E-state index is 0.842. The molecule has 0 saturated carbocycles. The summed E-state index contributed by atoms with van der Waals surface area (Å²) >= 11 is 0. The molecule has 90 valence electrons. The first-order valence-electron chi connectivity index (χ1n) is 6.07. The highest BCUT2D eigenvalue weighted by atomic mass is 15.2. The third-order valence-electron chi connectivity index (χ3n) is 3.20. The molecule has 0 aliphatic heterocycles. The zero-order chi connectivity index (χ0) is 12.7. The molecule has 0 atom stereocenters. The van der Waals surface area contributed by atoms with Crippen LogP contribution in [0.2, 0.25) is 0 Å². The number of rotatable bonds is 1. The van der Waals surface area contributed by atoms with Crippen LogP contribution in [-0.4, -0.2) is 19.6 Å². The molecule has 0 saturated heterocycles. The number of hydrogen-bond acceptors (Lipinski definition) is 3. The second-order valence-electron chi connectivity index (χ2n) is 4.33. The quantitative estimate of drug-likeness (QED) is 0.518. The Morgan fingerprint density at radius 3 is 2.74 bits per heavy atom. The molecular formula is C15H10N4. The maximum absolute atomic E-state index is 4.37. The Morgan fingerprint density at radius 1 is 0.842 bits per heavy atom. The van der Waals surface area contributed by atoms with E-state index in [-0.39, 0.29) is 0 Å². The van der Waals surface area contributed by atoms with Crippen LogP contribution in [0, 0.1) is 0 Å². The summed E-state index contributed by atoms with van der Waals surface area (Å²) in [5.74, 6) is 0.842. The van der Waals surface area contributed by atoms with Crippen molar-refractivity contribution in [2.75, 3.05) is 0 Å². The average Bonchev–Trinajstić information content (AvgIpc) is 2.90. The molecule has 0 spiro atoms. The topological polar surface area (TPSA) is 43.1 Å². The van der Waals surface area contributed by atoms with E-state index in [1.54, 1.807) is 0 Å². The highest BCUT2D eigenvalue weighted by Gasteiger charge is 2.10. The highest BCUT2D eigenvalue weighted by molar-refractivity contribution is 5.92. The van der Waals surface area contributed by atoms with E-state index in [9.17, 15) is 0 Å². The fourth-order valence-corrected chi connectivity index (χ4v) is 2.32. The molecule has 0 amide bonds. The van der Waals surface area contributed by atoms with E-state index in [0.717, 1.165) is 27.9 Å². The van der Waals surface area contributed by atoms with E-state index in [1.807, 2.05) is 59.3 Å². The van der Waals surface area contributed by atoms with Crippen LogP contribution in [0.4, 0.5) is 0 Å². The van der Waals surface area contributed by atoms with Gasteiger partial charge in [-0.05, 0) is 24.3 Å². The maximum Gasteiger partial charge on any atom is 0.169 e. The number of hydrogen-bond donors (Lipinski definition) is 0. The summed E-state index contributed by atoms with van der Waals surface area (Å²) in [5.41, 5.74) is 2.86. The standard InChI is InChI=1S/C15H10N4/c1-2-6-13-11(5-1)12(8-9-16-13)15-18-17-14-7-3-4-10-19(14)15/h1-10H. The molecular weight excluding hydrogens is 236 g/mol. The van der Waals surface area contributed by atoms with Crippen LogP contribution in [0.25, 0.3) is 27.9 Å². The summed E-state index contributed by atoms with van der Waals surface area (Å²) in [6.45, 7) is 0. The third-order valence-corrected chi connectivity index (χ3v) is 3.20. The summed E-state index contributed by atoms with van der Waals surface area (Å²) in [4.78, 5) is 4.37. The molecule has 0 bridgehead atoms. The van der Waals surface area contributed by atoms with Crippen LogP contribution in [0.1, 0.15) is 0 Å². The highest BCUT2D eigenvalue weighted by Crippen LogP contribution is 2.25. The number of pyridine rings is 2. The van der Waals surface area contributed by atoms with Gasteiger partial charge in [-0.25, -0.2) is 0 Å². The predicted octanol–water partition coefficient (Wildman–Crippen LogP) is 2.94. The van der Waals surface area contributed by atoms with Gasteiger partial charge in [0, 0.05) is 23.3 Å². The minimum Gasteiger partial charge on any atom is -0.282 e. The molecule has 3 aromatic heterocycles. The van der Waals surface area contributed by atoms with E-state index < -0.39 is 0 Å². The van der Waals surface area contributed by atoms with Crippen molar-refractivity contribution in [2.45, 2.75) is 0 Å². The third kappa shape index (κ3) is 1.50. The lowest BCUT2D eigenvalue weighted by Crippen LogP contribution is -1.90. The smallest absolute Gasteiger partial charge is 0.169 e. The zero-order valence-electron chi connectivity index (χ0n) is 10.1. The number of para-hydroxylation sites is 1. The van der Waals surface area contributed by atoms with Crippen molar-refractivity contribution in [3.63, 3.8) is 0 Å². The molecule has 4 nitrogen and oxygen atoms in total. The van der Waals surface area contributed by atoms with Gasteiger partial charge in [-0.3, -0.25) is 9.38 Å². The number of fused-ring (bicyclic) bond motifs is 2. The Morgan fingerprint density at radius 2 is 1.74 bits per heavy atom. The lowest BCUT2D eigenvalue weighted by Gasteiger charge is -2.04. The Bertz CT molecular complexity index is 874. The van der Waals surface area contributed by atoms with Gasteiger partial charge in [0.15, 0.2) is 11.5 Å². The van der Waals surface area contributed by atoms with Crippen LogP contribution in [0.5, 0.6) is 0 Å². The number of benzene rings is 1. The number of nitrogens with zero attached hydrogens (tertiary/aromatic N) is 4. The summed E-state index contributed by atoms with van der Waals surface area (Å²) in [6, 6.07) is 15.9. The fraction of sp³-hybridized carbons (Fsp3) is 0. The first-order chi connectivity index (χ1) is 9.43. The molecule has 0 fully saturated rings. The molecule has 19 heavy (non-hydrogen) atoms. The Labute approximate surface area is 109 Å². The summed E-state index contributed by atoms with van der Waals surface area (Å²) < 4.78 is 1.99. The lowest BCUT2D eigenvalue weighted by molar-refractivity contribution is 1.11. The van der Waals surface area contributed by atoms with E-state index >= 15 is 0 Å². The zero-order valence-corrected chi connectivity index (χ0v) is 10.1. The molecule has 3 heterocycles. The van der Waals surface area contributed by atoms with Crippen LogP contribution in [0.15, 0.2) is 60.9 Å². The first kappa shape index (κ1) is 10.2. The Kier molecular flexibility index (Phi) is 2.08.